The average Bonchev–Trinajstić information content (AvgIpc) is 3.15. The summed E-state index contributed by atoms with van der Waals surface area (Å²) in [6.45, 7) is 4.18. The van der Waals surface area contributed by atoms with E-state index in [2.05, 4.69) is 29.6 Å². The Bertz CT molecular complexity index is 1030. The summed E-state index contributed by atoms with van der Waals surface area (Å²) in [6, 6.07) is 14.7. The first kappa shape index (κ1) is 23.8. The maximum atomic E-state index is 12.9. The van der Waals surface area contributed by atoms with Crippen molar-refractivity contribution in [1.29, 1.82) is 0 Å². The molecule has 1 fully saturated rings. The first-order valence-corrected chi connectivity index (χ1v) is 11.7. The van der Waals surface area contributed by atoms with E-state index in [9.17, 15) is 19.5 Å². The summed E-state index contributed by atoms with van der Waals surface area (Å²) in [7, 11) is 0. The van der Waals surface area contributed by atoms with Crippen molar-refractivity contribution in [2.24, 2.45) is 0 Å². The summed E-state index contributed by atoms with van der Waals surface area (Å²) in [5, 5.41) is 12.3. The molecule has 0 saturated carbocycles. The molecule has 1 aliphatic carbocycles. The Hall–Kier alpha value is -3.39. The molecule has 2 aromatic carbocycles. The molecule has 0 spiro atoms. The third-order valence-electron chi connectivity index (χ3n) is 6.65. The van der Waals surface area contributed by atoms with Crippen LogP contribution in [0.3, 0.4) is 0 Å². The summed E-state index contributed by atoms with van der Waals surface area (Å²) in [5.41, 5.74) is 4.55. The quantitative estimate of drug-likeness (QED) is 0.648. The van der Waals surface area contributed by atoms with Gasteiger partial charge >= 0.3 is 12.1 Å². The second kappa shape index (κ2) is 10.3. The zero-order valence-electron chi connectivity index (χ0n) is 19.4. The minimum absolute atomic E-state index is 0.00278. The molecule has 8 heteroatoms. The molecule has 2 N–H and O–H groups in total. The van der Waals surface area contributed by atoms with Gasteiger partial charge in [-0.15, -0.1) is 0 Å². The van der Waals surface area contributed by atoms with Gasteiger partial charge in [-0.1, -0.05) is 55.5 Å². The number of ether oxygens (including phenoxy) is 2. The highest BCUT2D eigenvalue weighted by Gasteiger charge is 2.38. The number of rotatable bonds is 7. The van der Waals surface area contributed by atoms with Crippen LogP contribution in [0, 0.1) is 0 Å². The van der Waals surface area contributed by atoms with Gasteiger partial charge in [0.25, 0.3) is 0 Å². The molecule has 0 aromatic heterocycles. The molecule has 34 heavy (non-hydrogen) atoms. The van der Waals surface area contributed by atoms with Gasteiger partial charge in [0.15, 0.2) is 6.04 Å². The van der Waals surface area contributed by atoms with Crippen LogP contribution in [0.15, 0.2) is 48.5 Å². The van der Waals surface area contributed by atoms with Crippen LogP contribution in [-0.2, 0) is 19.1 Å². The Morgan fingerprint density at radius 2 is 1.74 bits per heavy atom. The van der Waals surface area contributed by atoms with Crippen LogP contribution in [0.25, 0.3) is 11.1 Å². The Labute approximate surface area is 198 Å². The van der Waals surface area contributed by atoms with Crippen molar-refractivity contribution < 1.29 is 29.0 Å². The number of carboxylic acid groups (broad SMARTS) is 1. The van der Waals surface area contributed by atoms with Gasteiger partial charge < -0.3 is 24.8 Å². The molecule has 1 heterocycles. The zero-order chi connectivity index (χ0) is 24.2. The van der Waals surface area contributed by atoms with E-state index in [0.29, 0.717) is 6.42 Å². The minimum atomic E-state index is -1.10. The molecule has 8 nitrogen and oxygen atoms in total. The number of nitrogens with one attached hydrogen (secondary N) is 1. The number of amides is 2. The lowest BCUT2D eigenvalue weighted by Crippen LogP contribution is -2.57. The summed E-state index contributed by atoms with van der Waals surface area (Å²) >= 11 is 0. The van der Waals surface area contributed by atoms with E-state index < -0.39 is 30.3 Å². The molecular formula is C26H30N2O6. The molecule has 2 amide bonds. The predicted octanol–water partition coefficient (Wildman–Crippen LogP) is 3.39. The molecule has 2 aliphatic rings. The normalized spacial score (nSPS) is 20.2. The summed E-state index contributed by atoms with van der Waals surface area (Å²) in [5.74, 6) is -1.47. The van der Waals surface area contributed by atoms with Crippen LogP contribution >= 0.6 is 0 Å². The second-order valence-corrected chi connectivity index (χ2v) is 8.73. The maximum Gasteiger partial charge on any atom is 0.407 e. The first-order chi connectivity index (χ1) is 16.4. The van der Waals surface area contributed by atoms with Crippen molar-refractivity contribution in [2.45, 2.75) is 50.8 Å². The molecular weight excluding hydrogens is 436 g/mol. The third kappa shape index (κ3) is 4.77. The van der Waals surface area contributed by atoms with Gasteiger partial charge in [0.1, 0.15) is 6.61 Å². The molecule has 180 valence electrons. The minimum Gasteiger partial charge on any atom is -0.480 e. The Balaban J connectivity index is 1.36. The zero-order valence-corrected chi connectivity index (χ0v) is 19.4. The fraction of sp³-hybridized carbons (Fsp3) is 0.423. The number of aliphatic carboxylic acids is 1. The highest BCUT2D eigenvalue weighted by Crippen LogP contribution is 2.44. The topological polar surface area (TPSA) is 105 Å². The van der Waals surface area contributed by atoms with Crippen LogP contribution in [0.4, 0.5) is 4.79 Å². The number of morpholine rings is 1. The standard InChI is InChI=1S/C26H30N2O6/c1-3-17(14-23(29)28-12-13-33-16(2)24(28)25(30)31)27-26(32)34-15-22-20-10-6-4-8-18(20)19-9-5-7-11-21(19)22/h4-11,16-17,22,24H,3,12-15H2,1-2H3,(H,27,32)(H,30,31). The molecule has 4 rings (SSSR count). The molecule has 1 saturated heterocycles. The van der Waals surface area contributed by atoms with E-state index in [1.165, 1.54) is 4.90 Å². The van der Waals surface area contributed by atoms with E-state index in [-0.39, 0.29) is 38.0 Å². The molecule has 2 aromatic rings. The van der Waals surface area contributed by atoms with Gasteiger partial charge in [0, 0.05) is 24.9 Å². The van der Waals surface area contributed by atoms with Crippen molar-refractivity contribution in [1.82, 2.24) is 10.2 Å². The molecule has 3 unspecified atom stereocenters. The Morgan fingerprint density at radius 3 is 2.32 bits per heavy atom. The van der Waals surface area contributed by atoms with E-state index in [1.54, 1.807) is 6.92 Å². The largest absolute Gasteiger partial charge is 0.480 e. The lowest BCUT2D eigenvalue weighted by Gasteiger charge is -2.37. The summed E-state index contributed by atoms with van der Waals surface area (Å²) in [6.07, 6.45) is -0.679. The number of hydrogen-bond donors (Lipinski definition) is 2. The average molecular weight is 467 g/mol. The van der Waals surface area contributed by atoms with Crippen LogP contribution in [0.5, 0.6) is 0 Å². The highest BCUT2D eigenvalue weighted by atomic mass is 16.5. The van der Waals surface area contributed by atoms with Gasteiger partial charge in [0.05, 0.1) is 12.7 Å². The van der Waals surface area contributed by atoms with E-state index in [0.717, 1.165) is 22.3 Å². The maximum absolute atomic E-state index is 12.9. The highest BCUT2D eigenvalue weighted by molar-refractivity contribution is 5.85. The second-order valence-electron chi connectivity index (χ2n) is 8.73. The number of carboxylic acids is 1. The van der Waals surface area contributed by atoms with Crippen LogP contribution in [0.1, 0.15) is 43.7 Å². The van der Waals surface area contributed by atoms with Gasteiger partial charge in [-0.3, -0.25) is 4.79 Å². The fourth-order valence-electron chi connectivity index (χ4n) is 4.87. The van der Waals surface area contributed by atoms with E-state index in [4.69, 9.17) is 9.47 Å². The SMILES string of the molecule is CCC(CC(=O)N1CCOC(C)C1C(=O)O)NC(=O)OCC1c2ccccc2-c2ccccc21. The van der Waals surface area contributed by atoms with Gasteiger partial charge in [-0.2, -0.15) is 0 Å². The third-order valence-corrected chi connectivity index (χ3v) is 6.65. The lowest BCUT2D eigenvalue weighted by atomic mass is 9.98. The number of nitrogens with zero attached hydrogens (tertiary/aromatic N) is 1. The Morgan fingerprint density at radius 1 is 1.12 bits per heavy atom. The van der Waals surface area contributed by atoms with E-state index in [1.807, 2.05) is 31.2 Å². The first-order valence-electron chi connectivity index (χ1n) is 11.7. The fourth-order valence-corrected chi connectivity index (χ4v) is 4.87. The van der Waals surface area contributed by atoms with Crippen LogP contribution in [0.2, 0.25) is 0 Å². The number of carbonyl (C=O) groups is 3. The van der Waals surface area contributed by atoms with Gasteiger partial charge in [-0.05, 0) is 35.6 Å². The smallest absolute Gasteiger partial charge is 0.407 e. The van der Waals surface area contributed by atoms with Crippen molar-refractivity contribution in [3.8, 4) is 11.1 Å². The molecule has 0 radical (unpaired) electrons. The molecule has 0 bridgehead atoms. The number of hydrogen-bond acceptors (Lipinski definition) is 5. The number of benzene rings is 2. The van der Waals surface area contributed by atoms with Crippen molar-refractivity contribution >= 4 is 18.0 Å². The van der Waals surface area contributed by atoms with Gasteiger partial charge in [0.2, 0.25) is 5.91 Å². The van der Waals surface area contributed by atoms with Crippen molar-refractivity contribution in [3.63, 3.8) is 0 Å². The monoisotopic (exact) mass is 466 g/mol. The predicted molar refractivity (Wildman–Crippen MR) is 125 cm³/mol. The van der Waals surface area contributed by atoms with Crippen molar-refractivity contribution in [3.05, 3.63) is 59.7 Å². The van der Waals surface area contributed by atoms with E-state index >= 15 is 0 Å². The number of alkyl carbamates (subject to hydrolysis) is 1. The number of fused-ring (bicyclic) bond motifs is 3. The summed E-state index contributed by atoms with van der Waals surface area (Å²) in [4.78, 5) is 38.4. The van der Waals surface area contributed by atoms with Crippen LogP contribution in [-0.4, -0.2) is 65.9 Å². The molecule has 1 aliphatic heterocycles. The Kier molecular flexibility index (Phi) is 7.17. The summed E-state index contributed by atoms with van der Waals surface area (Å²) < 4.78 is 11.0. The lowest BCUT2D eigenvalue weighted by molar-refractivity contribution is -0.165. The van der Waals surface area contributed by atoms with Crippen LogP contribution < -0.4 is 5.32 Å². The van der Waals surface area contributed by atoms with Crippen molar-refractivity contribution in [2.75, 3.05) is 19.8 Å². The molecule has 3 atom stereocenters. The number of carbonyl (C=O) groups excluding carboxylic acids is 2. The van der Waals surface area contributed by atoms with Gasteiger partial charge in [-0.25, -0.2) is 9.59 Å².